The zero-order chi connectivity index (χ0) is 14.5. The van der Waals surface area contributed by atoms with Gasteiger partial charge in [0.05, 0.1) is 0 Å². The topological polar surface area (TPSA) is 70.6 Å². The molecule has 0 amide bonds. The fourth-order valence-electron chi connectivity index (χ4n) is 1.58. The Morgan fingerprint density at radius 1 is 1.32 bits per heavy atom. The van der Waals surface area contributed by atoms with Crippen molar-refractivity contribution >= 4 is 5.84 Å². The molecule has 0 aliphatic carbocycles. The van der Waals surface area contributed by atoms with Crippen LogP contribution < -0.4 is 11.1 Å². The molecule has 1 aromatic carbocycles. The van der Waals surface area contributed by atoms with Crippen LogP contribution in [0.3, 0.4) is 0 Å². The number of rotatable bonds is 6. The van der Waals surface area contributed by atoms with Gasteiger partial charge in [0.2, 0.25) is 0 Å². The summed E-state index contributed by atoms with van der Waals surface area (Å²) in [7, 11) is 0. The number of nitrogens with one attached hydrogen (secondary N) is 1. The van der Waals surface area contributed by atoms with E-state index in [1.165, 1.54) is 5.56 Å². The number of benzene rings is 1. The third-order valence-electron chi connectivity index (χ3n) is 3.83. The van der Waals surface area contributed by atoms with E-state index >= 15 is 0 Å². The molecule has 1 aromatic rings. The van der Waals surface area contributed by atoms with Crippen molar-refractivity contribution in [2.75, 3.05) is 6.54 Å². The maximum atomic E-state index is 8.59. The van der Waals surface area contributed by atoms with Gasteiger partial charge in [-0.1, -0.05) is 57.1 Å². The molecule has 0 fully saturated rings. The second kappa shape index (κ2) is 6.57. The third kappa shape index (κ3) is 4.56. The van der Waals surface area contributed by atoms with Gasteiger partial charge in [-0.05, 0) is 16.9 Å². The third-order valence-corrected chi connectivity index (χ3v) is 3.83. The van der Waals surface area contributed by atoms with Crippen LogP contribution in [0.5, 0.6) is 0 Å². The highest BCUT2D eigenvalue weighted by atomic mass is 16.4. The highest BCUT2D eigenvalue weighted by Gasteiger charge is 2.21. The molecule has 0 saturated carbocycles. The number of amidine groups is 1. The molecule has 0 spiro atoms. The number of hydrogen-bond acceptors (Lipinski definition) is 3. The molecule has 19 heavy (non-hydrogen) atoms. The van der Waals surface area contributed by atoms with E-state index in [4.69, 9.17) is 10.9 Å². The Bertz CT molecular complexity index is 422. The Kier molecular flexibility index (Phi) is 5.36. The Morgan fingerprint density at radius 2 is 1.89 bits per heavy atom. The number of oxime groups is 1. The van der Waals surface area contributed by atoms with E-state index in [1.807, 2.05) is 24.3 Å². The zero-order valence-electron chi connectivity index (χ0n) is 12.3. The van der Waals surface area contributed by atoms with E-state index in [0.717, 1.165) is 18.7 Å². The molecule has 0 atom stereocenters. The van der Waals surface area contributed by atoms with Crippen LogP contribution in [-0.2, 0) is 6.54 Å². The van der Waals surface area contributed by atoms with Crippen LogP contribution >= 0.6 is 0 Å². The van der Waals surface area contributed by atoms with Gasteiger partial charge in [0.25, 0.3) is 0 Å². The van der Waals surface area contributed by atoms with Gasteiger partial charge in [-0.15, -0.1) is 0 Å². The van der Waals surface area contributed by atoms with Gasteiger partial charge in [-0.3, -0.25) is 0 Å². The van der Waals surface area contributed by atoms with Crippen molar-refractivity contribution in [3.8, 4) is 0 Å². The van der Waals surface area contributed by atoms with Crippen LogP contribution in [0, 0.1) is 11.3 Å². The highest BCUT2D eigenvalue weighted by Crippen LogP contribution is 2.24. The van der Waals surface area contributed by atoms with Crippen LogP contribution in [0.15, 0.2) is 29.4 Å². The lowest BCUT2D eigenvalue weighted by molar-refractivity contribution is 0.238. The Balaban J connectivity index is 2.51. The molecule has 1 rings (SSSR count). The van der Waals surface area contributed by atoms with Crippen LogP contribution in [0.2, 0.25) is 0 Å². The maximum absolute atomic E-state index is 8.59. The lowest BCUT2D eigenvalue weighted by Crippen LogP contribution is -2.33. The summed E-state index contributed by atoms with van der Waals surface area (Å²) in [5.74, 6) is 0.781. The molecule has 0 radical (unpaired) electrons. The molecular weight excluding hydrogens is 238 g/mol. The van der Waals surface area contributed by atoms with E-state index < -0.39 is 0 Å². The molecule has 0 bridgehead atoms. The van der Waals surface area contributed by atoms with Gasteiger partial charge in [0.1, 0.15) is 0 Å². The van der Waals surface area contributed by atoms with Gasteiger partial charge < -0.3 is 16.3 Å². The second-order valence-electron chi connectivity index (χ2n) is 5.93. The molecule has 0 heterocycles. The average molecular weight is 263 g/mol. The van der Waals surface area contributed by atoms with Crippen molar-refractivity contribution in [1.82, 2.24) is 5.32 Å². The summed E-state index contributed by atoms with van der Waals surface area (Å²) in [5.41, 5.74) is 7.72. The normalized spacial score (nSPS) is 13.0. The molecule has 4 N–H and O–H groups in total. The van der Waals surface area contributed by atoms with E-state index in [2.05, 4.69) is 38.2 Å². The van der Waals surface area contributed by atoms with Crippen molar-refractivity contribution in [2.45, 2.75) is 34.2 Å². The monoisotopic (exact) mass is 263 g/mol. The van der Waals surface area contributed by atoms with Gasteiger partial charge in [-0.25, -0.2) is 0 Å². The minimum Gasteiger partial charge on any atom is -0.409 e. The van der Waals surface area contributed by atoms with E-state index in [-0.39, 0.29) is 11.3 Å². The Morgan fingerprint density at radius 3 is 2.37 bits per heavy atom. The zero-order valence-corrected chi connectivity index (χ0v) is 12.3. The van der Waals surface area contributed by atoms with E-state index in [1.54, 1.807) is 0 Å². The predicted octanol–water partition coefficient (Wildman–Crippen LogP) is 2.55. The molecule has 4 nitrogen and oxygen atoms in total. The van der Waals surface area contributed by atoms with Crippen LogP contribution in [0.25, 0.3) is 0 Å². The van der Waals surface area contributed by atoms with Crippen LogP contribution in [-0.4, -0.2) is 17.6 Å². The molecule has 4 heteroatoms. The van der Waals surface area contributed by atoms with Gasteiger partial charge in [-0.2, -0.15) is 0 Å². The number of nitrogens with zero attached hydrogens (tertiary/aromatic N) is 1. The van der Waals surface area contributed by atoms with Crippen molar-refractivity contribution in [3.05, 3.63) is 35.4 Å². The molecule has 0 saturated heterocycles. The van der Waals surface area contributed by atoms with E-state index in [9.17, 15) is 0 Å². The summed E-state index contributed by atoms with van der Waals surface area (Å²) in [5, 5.41) is 15.0. The minimum atomic E-state index is 0.139. The largest absolute Gasteiger partial charge is 0.409 e. The Hall–Kier alpha value is -1.55. The first-order chi connectivity index (χ1) is 8.86. The molecule has 0 aliphatic heterocycles. The summed E-state index contributed by atoms with van der Waals surface area (Å²) in [6, 6.07) is 7.70. The smallest absolute Gasteiger partial charge is 0.170 e. The summed E-state index contributed by atoms with van der Waals surface area (Å²) in [6.07, 6.45) is 0. The first-order valence-electron chi connectivity index (χ1n) is 6.64. The van der Waals surface area contributed by atoms with Crippen molar-refractivity contribution in [2.24, 2.45) is 22.2 Å². The number of hydrogen-bond donors (Lipinski definition) is 3. The molecular formula is C15H25N3O. The van der Waals surface area contributed by atoms with Crippen LogP contribution in [0.4, 0.5) is 0 Å². The maximum Gasteiger partial charge on any atom is 0.170 e. The minimum absolute atomic E-state index is 0.139. The highest BCUT2D eigenvalue weighted by molar-refractivity contribution is 5.96. The standard InChI is InChI=1S/C15H25N3O/c1-11(2)15(3,4)10-17-9-12-5-7-13(8-6-12)14(16)18-19/h5-8,11,17,19H,9-10H2,1-4H3,(H2,16,18). The summed E-state index contributed by atoms with van der Waals surface area (Å²) in [4.78, 5) is 0. The average Bonchev–Trinajstić information content (AvgIpc) is 2.38. The molecule has 0 aliphatic rings. The molecule has 106 valence electrons. The quantitative estimate of drug-likeness (QED) is 0.320. The van der Waals surface area contributed by atoms with Gasteiger partial charge in [0.15, 0.2) is 5.84 Å². The lowest BCUT2D eigenvalue weighted by Gasteiger charge is -2.29. The van der Waals surface area contributed by atoms with Crippen molar-refractivity contribution in [3.63, 3.8) is 0 Å². The molecule has 0 aromatic heterocycles. The summed E-state index contributed by atoms with van der Waals surface area (Å²) in [6.45, 7) is 10.8. The molecule has 0 unspecified atom stereocenters. The Labute approximate surface area is 115 Å². The van der Waals surface area contributed by atoms with Crippen LogP contribution in [0.1, 0.15) is 38.8 Å². The first kappa shape index (κ1) is 15.5. The summed E-state index contributed by atoms with van der Waals surface area (Å²) < 4.78 is 0. The van der Waals surface area contributed by atoms with E-state index in [0.29, 0.717) is 5.92 Å². The summed E-state index contributed by atoms with van der Waals surface area (Å²) >= 11 is 0. The number of nitrogens with two attached hydrogens (primary N) is 1. The second-order valence-corrected chi connectivity index (χ2v) is 5.93. The first-order valence-corrected chi connectivity index (χ1v) is 6.64. The fourth-order valence-corrected chi connectivity index (χ4v) is 1.58. The SMILES string of the molecule is CC(C)C(C)(C)CNCc1ccc(/C(N)=N/O)cc1. The predicted molar refractivity (Wildman–Crippen MR) is 79.3 cm³/mol. The lowest BCUT2D eigenvalue weighted by atomic mass is 9.81. The van der Waals surface area contributed by atoms with Crippen molar-refractivity contribution < 1.29 is 5.21 Å². The van der Waals surface area contributed by atoms with Gasteiger partial charge in [0, 0.05) is 18.7 Å². The van der Waals surface area contributed by atoms with Gasteiger partial charge >= 0.3 is 0 Å². The fraction of sp³-hybridized carbons (Fsp3) is 0.533. The van der Waals surface area contributed by atoms with Crippen molar-refractivity contribution in [1.29, 1.82) is 0 Å².